The van der Waals surface area contributed by atoms with Gasteiger partial charge in [-0.2, -0.15) is 0 Å². The third-order valence-electron chi connectivity index (χ3n) is 4.92. The lowest BCUT2D eigenvalue weighted by Gasteiger charge is -2.17. The fourth-order valence-corrected chi connectivity index (χ4v) is 3.86. The average Bonchev–Trinajstić information content (AvgIpc) is 2.97. The van der Waals surface area contributed by atoms with E-state index in [1.807, 2.05) is 32.0 Å². The van der Waals surface area contributed by atoms with Crippen LogP contribution in [-0.4, -0.2) is 37.0 Å². The third kappa shape index (κ3) is 5.07. The maximum absolute atomic E-state index is 12.4. The highest BCUT2D eigenvalue weighted by atomic mass is 35.5. The molecule has 1 heterocycles. The molecule has 1 aliphatic rings. The molecule has 0 radical (unpaired) electrons. The number of nitrogens with one attached hydrogen (secondary N) is 1. The van der Waals surface area contributed by atoms with Crippen LogP contribution in [0.4, 0.5) is 5.69 Å². The summed E-state index contributed by atoms with van der Waals surface area (Å²) in [6.45, 7) is 6.89. The number of likely N-dealkylation sites (tertiary alicyclic amines) is 1. The van der Waals surface area contributed by atoms with Crippen LogP contribution in [-0.2, 0) is 4.79 Å². The maximum atomic E-state index is 12.4. The minimum absolute atomic E-state index is 0. The Morgan fingerprint density at radius 2 is 1.77 bits per heavy atom. The van der Waals surface area contributed by atoms with Gasteiger partial charge in [0.05, 0.1) is 6.54 Å². The molecule has 2 aromatic rings. The van der Waals surface area contributed by atoms with Crippen LogP contribution in [0.1, 0.15) is 22.6 Å². The molecule has 2 atom stereocenters. The molecule has 5 heteroatoms. The molecule has 0 aromatic heterocycles. The monoisotopic (exact) mass is 373 g/mol. The second kappa shape index (κ2) is 9.17. The Bertz CT molecular complexity index is 715. The SMILES string of the molecule is Cc1cc(C)cc(NC(=O)CN2C[C@@H](CN)[C@H](c3ccccc3)C2)c1.Cl. The van der Waals surface area contributed by atoms with E-state index in [9.17, 15) is 4.79 Å². The Hall–Kier alpha value is -1.88. The lowest BCUT2D eigenvalue weighted by Crippen LogP contribution is -2.32. The van der Waals surface area contributed by atoms with Crippen LogP contribution in [0, 0.1) is 19.8 Å². The number of rotatable bonds is 5. The first-order chi connectivity index (χ1) is 12.0. The van der Waals surface area contributed by atoms with Gasteiger partial charge in [0.2, 0.25) is 5.91 Å². The fraction of sp³-hybridized carbons (Fsp3) is 0.381. The van der Waals surface area contributed by atoms with Gasteiger partial charge in [-0.05, 0) is 55.1 Å². The standard InChI is InChI=1S/C21H27N3O.ClH/c1-15-8-16(2)10-19(9-15)23-21(25)14-24-12-18(11-22)20(13-24)17-6-4-3-5-7-17;/h3-10,18,20H,11-14,22H2,1-2H3,(H,23,25);1H/t18-,20+;/m1./s1. The van der Waals surface area contributed by atoms with Crippen LogP contribution in [0.5, 0.6) is 0 Å². The Balaban J connectivity index is 0.00000243. The summed E-state index contributed by atoms with van der Waals surface area (Å²) < 4.78 is 0. The number of amides is 1. The first-order valence-corrected chi connectivity index (χ1v) is 8.90. The molecule has 0 spiro atoms. The Morgan fingerprint density at radius 3 is 2.38 bits per heavy atom. The van der Waals surface area contributed by atoms with E-state index in [2.05, 4.69) is 40.5 Å². The fourth-order valence-electron chi connectivity index (χ4n) is 3.86. The second-order valence-electron chi connectivity index (χ2n) is 7.13. The summed E-state index contributed by atoms with van der Waals surface area (Å²) in [5.74, 6) is 0.839. The number of nitrogens with zero attached hydrogens (tertiary/aromatic N) is 1. The van der Waals surface area contributed by atoms with Crippen LogP contribution < -0.4 is 11.1 Å². The van der Waals surface area contributed by atoms with Gasteiger partial charge in [-0.1, -0.05) is 36.4 Å². The molecule has 1 saturated heterocycles. The van der Waals surface area contributed by atoms with Gasteiger partial charge in [0.15, 0.2) is 0 Å². The van der Waals surface area contributed by atoms with Gasteiger partial charge in [-0.3, -0.25) is 9.69 Å². The summed E-state index contributed by atoms with van der Waals surface area (Å²) in [6.07, 6.45) is 0. The topological polar surface area (TPSA) is 58.4 Å². The van der Waals surface area contributed by atoms with Crippen molar-refractivity contribution in [1.29, 1.82) is 0 Å². The zero-order chi connectivity index (χ0) is 17.8. The number of benzene rings is 2. The van der Waals surface area contributed by atoms with Crippen LogP contribution in [0.2, 0.25) is 0 Å². The van der Waals surface area contributed by atoms with E-state index >= 15 is 0 Å². The van der Waals surface area contributed by atoms with E-state index in [0.29, 0.717) is 24.9 Å². The predicted molar refractivity (Wildman–Crippen MR) is 110 cm³/mol. The van der Waals surface area contributed by atoms with E-state index in [1.54, 1.807) is 0 Å². The Morgan fingerprint density at radius 1 is 1.12 bits per heavy atom. The zero-order valence-corrected chi connectivity index (χ0v) is 16.3. The molecule has 2 aromatic carbocycles. The summed E-state index contributed by atoms with van der Waals surface area (Å²) in [5, 5.41) is 3.03. The highest BCUT2D eigenvalue weighted by molar-refractivity contribution is 5.92. The van der Waals surface area contributed by atoms with E-state index < -0.39 is 0 Å². The van der Waals surface area contributed by atoms with Crippen molar-refractivity contribution in [3.63, 3.8) is 0 Å². The Labute approximate surface area is 162 Å². The van der Waals surface area contributed by atoms with Crippen LogP contribution in [0.3, 0.4) is 0 Å². The van der Waals surface area contributed by atoms with Gasteiger partial charge >= 0.3 is 0 Å². The van der Waals surface area contributed by atoms with Crippen LogP contribution in [0.25, 0.3) is 0 Å². The van der Waals surface area contributed by atoms with Crippen LogP contribution >= 0.6 is 12.4 Å². The van der Waals surface area contributed by atoms with E-state index in [4.69, 9.17) is 5.73 Å². The molecule has 4 nitrogen and oxygen atoms in total. The largest absolute Gasteiger partial charge is 0.330 e. The predicted octanol–water partition coefficient (Wildman–Crippen LogP) is 3.34. The molecule has 26 heavy (non-hydrogen) atoms. The van der Waals surface area contributed by atoms with Crippen molar-refractivity contribution >= 4 is 24.0 Å². The average molecular weight is 374 g/mol. The number of nitrogens with two attached hydrogens (primary N) is 1. The summed E-state index contributed by atoms with van der Waals surface area (Å²) in [6, 6.07) is 16.6. The molecule has 1 fully saturated rings. The molecule has 1 amide bonds. The normalized spacial score (nSPS) is 19.8. The number of carbonyl (C=O) groups excluding carboxylic acids is 1. The minimum atomic E-state index is 0. The number of hydrogen-bond acceptors (Lipinski definition) is 3. The molecule has 3 rings (SSSR count). The van der Waals surface area contributed by atoms with E-state index in [1.165, 1.54) is 5.56 Å². The van der Waals surface area contributed by atoms with Crippen molar-refractivity contribution in [3.8, 4) is 0 Å². The zero-order valence-electron chi connectivity index (χ0n) is 15.4. The number of anilines is 1. The lowest BCUT2D eigenvalue weighted by molar-refractivity contribution is -0.117. The highest BCUT2D eigenvalue weighted by Gasteiger charge is 2.33. The highest BCUT2D eigenvalue weighted by Crippen LogP contribution is 2.31. The third-order valence-corrected chi connectivity index (χ3v) is 4.92. The van der Waals surface area contributed by atoms with Crippen molar-refractivity contribution in [1.82, 2.24) is 4.90 Å². The van der Waals surface area contributed by atoms with E-state index in [0.717, 1.165) is 29.9 Å². The smallest absolute Gasteiger partial charge is 0.238 e. The van der Waals surface area contributed by atoms with Gasteiger partial charge in [0.25, 0.3) is 0 Å². The molecule has 140 valence electrons. The number of hydrogen-bond donors (Lipinski definition) is 2. The van der Waals surface area contributed by atoms with Crippen molar-refractivity contribution in [2.45, 2.75) is 19.8 Å². The lowest BCUT2D eigenvalue weighted by atomic mass is 9.89. The number of aryl methyl sites for hydroxylation is 2. The molecule has 0 aliphatic carbocycles. The molecule has 3 N–H and O–H groups in total. The second-order valence-corrected chi connectivity index (χ2v) is 7.13. The Kier molecular flexibility index (Phi) is 7.21. The summed E-state index contributed by atoms with van der Waals surface area (Å²) in [5.41, 5.74) is 10.5. The number of halogens is 1. The molecular weight excluding hydrogens is 346 g/mol. The summed E-state index contributed by atoms with van der Waals surface area (Å²) >= 11 is 0. The van der Waals surface area contributed by atoms with Crippen molar-refractivity contribution in [2.75, 3.05) is 31.5 Å². The van der Waals surface area contributed by atoms with E-state index in [-0.39, 0.29) is 18.3 Å². The first-order valence-electron chi connectivity index (χ1n) is 8.90. The summed E-state index contributed by atoms with van der Waals surface area (Å²) in [7, 11) is 0. The minimum Gasteiger partial charge on any atom is -0.330 e. The molecule has 0 unspecified atom stereocenters. The summed E-state index contributed by atoms with van der Waals surface area (Å²) in [4.78, 5) is 14.7. The van der Waals surface area contributed by atoms with Gasteiger partial charge in [0.1, 0.15) is 0 Å². The van der Waals surface area contributed by atoms with Gasteiger partial charge in [-0.25, -0.2) is 0 Å². The van der Waals surface area contributed by atoms with Crippen molar-refractivity contribution in [3.05, 3.63) is 65.2 Å². The van der Waals surface area contributed by atoms with Crippen molar-refractivity contribution in [2.24, 2.45) is 11.7 Å². The number of carbonyl (C=O) groups is 1. The van der Waals surface area contributed by atoms with Gasteiger partial charge in [0, 0.05) is 24.7 Å². The molecular formula is C21H28ClN3O. The van der Waals surface area contributed by atoms with Crippen LogP contribution in [0.15, 0.2) is 48.5 Å². The molecule has 0 saturated carbocycles. The molecule has 0 bridgehead atoms. The quantitative estimate of drug-likeness (QED) is 0.845. The van der Waals surface area contributed by atoms with Gasteiger partial charge < -0.3 is 11.1 Å². The van der Waals surface area contributed by atoms with Gasteiger partial charge in [-0.15, -0.1) is 12.4 Å². The maximum Gasteiger partial charge on any atom is 0.238 e. The molecule has 1 aliphatic heterocycles. The first kappa shape index (κ1) is 20.4. The van der Waals surface area contributed by atoms with Crippen molar-refractivity contribution < 1.29 is 4.79 Å².